The molecule has 0 bridgehead atoms. The second-order valence-corrected chi connectivity index (χ2v) is 7.31. The molecule has 2 rings (SSSR count). The summed E-state index contributed by atoms with van der Waals surface area (Å²) >= 11 is 0.809. The summed E-state index contributed by atoms with van der Waals surface area (Å²) in [5.41, 5.74) is 6.14. The lowest BCUT2D eigenvalue weighted by atomic mass is 10.1. The molecule has 0 radical (unpaired) electrons. The van der Waals surface area contributed by atoms with Gasteiger partial charge in [0.25, 0.3) is 11.8 Å². The number of ether oxygens (including phenoxy) is 3. The molecule has 0 aliphatic carbocycles. The lowest BCUT2D eigenvalue weighted by molar-refractivity contribution is -0.142. The molecule has 1 aromatic carbocycles. The SMILES string of the molecule is COCCOC(=O)c1c(NC(=O)COC(=O)/C=C/c2ccc(F)cc2)sc(C(N)=O)c1C. The monoisotopic (exact) mass is 464 g/mol. The van der Waals surface area contributed by atoms with Crippen LogP contribution in [0.1, 0.15) is 31.2 Å². The number of hydrogen-bond donors (Lipinski definition) is 2. The molecule has 1 heterocycles. The average molecular weight is 464 g/mol. The van der Waals surface area contributed by atoms with Gasteiger partial charge in [0.2, 0.25) is 0 Å². The average Bonchev–Trinajstić information content (AvgIpc) is 3.08. The topological polar surface area (TPSA) is 134 Å². The Balaban J connectivity index is 2.02. The summed E-state index contributed by atoms with van der Waals surface area (Å²) < 4.78 is 27.6. The van der Waals surface area contributed by atoms with Crippen LogP contribution in [0.5, 0.6) is 0 Å². The molecule has 1 aromatic heterocycles. The Hall–Kier alpha value is -3.57. The van der Waals surface area contributed by atoms with Gasteiger partial charge in [0, 0.05) is 13.2 Å². The van der Waals surface area contributed by atoms with Crippen molar-refractivity contribution in [1.82, 2.24) is 0 Å². The molecule has 0 aliphatic heterocycles. The van der Waals surface area contributed by atoms with Gasteiger partial charge in [-0.15, -0.1) is 11.3 Å². The number of anilines is 1. The van der Waals surface area contributed by atoms with Crippen LogP contribution in [0, 0.1) is 12.7 Å². The number of carbonyl (C=O) groups excluding carboxylic acids is 4. The summed E-state index contributed by atoms with van der Waals surface area (Å²) in [5, 5.41) is 2.47. The van der Waals surface area contributed by atoms with Crippen molar-refractivity contribution in [3.63, 3.8) is 0 Å². The van der Waals surface area contributed by atoms with Gasteiger partial charge in [0.15, 0.2) is 6.61 Å². The molecule has 170 valence electrons. The number of rotatable bonds is 10. The van der Waals surface area contributed by atoms with Crippen molar-refractivity contribution in [3.8, 4) is 0 Å². The highest BCUT2D eigenvalue weighted by atomic mass is 32.1. The van der Waals surface area contributed by atoms with E-state index in [0.29, 0.717) is 5.56 Å². The van der Waals surface area contributed by atoms with E-state index in [4.69, 9.17) is 19.9 Å². The third-order valence-electron chi connectivity index (χ3n) is 3.98. The molecule has 9 nitrogen and oxygen atoms in total. The molecule has 0 saturated heterocycles. The molecular weight excluding hydrogens is 443 g/mol. The number of nitrogens with one attached hydrogen (secondary N) is 1. The Morgan fingerprint density at radius 3 is 2.44 bits per heavy atom. The van der Waals surface area contributed by atoms with Gasteiger partial charge in [-0.05, 0) is 36.3 Å². The Morgan fingerprint density at radius 2 is 1.81 bits per heavy atom. The van der Waals surface area contributed by atoms with E-state index >= 15 is 0 Å². The van der Waals surface area contributed by atoms with Crippen molar-refractivity contribution in [1.29, 1.82) is 0 Å². The Morgan fingerprint density at radius 1 is 1.12 bits per heavy atom. The molecule has 0 fully saturated rings. The highest BCUT2D eigenvalue weighted by molar-refractivity contribution is 7.18. The quantitative estimate of drug-likeness (QED) is 0.313. The fraction of sp³-hybridized carbons (Fsp3) is 0.238. The van der Waals surface area contributed by atoms with Crippen LogP contribution < -0.4 is 11.1 Å². The predicted octanol–water partition coefficient (Wildman–Crippen LogP) is 2.29. The number of nitrogens with two attached hydrogens (primary N) is 1. The molecule has 11 heteroatoms. The summed E-state index contributed by atoms with van der Waals surface area (Å²) in [6.45, 7) is 0.996. The van der Waals surface area contributed by atoms with Crippen LogP contribution in [0.25, 0.3) is 6.08 Å². The second-order valence-electron chi connectivity index (χ2n) is 6.29. The van der Waals surface area contributed by atoms with Crippen LogP contribution in [-0.4, -0.2) is 50.7 Å². The molecule has 0 saturated carbocycles. The van der Waals surface area contributed by atoms with E-state index in [1.165, 1.54) is 44.4 Å². The third kappa shape index (κ3) is 7.00. The van der Waals surface area contributed by atoms with E-state index in [1.54, 1.807) is 0 Å². The smallest absolute Gasteiger partial charge is 0.341 e. The van der Waals surface area contributed by atoms with Gasteiger partial charge in [0.1, 0.15) is 17.4 Å². The first-order valence-electron chi connectivity index (χ1n) is 9.22. The van der Waals surface area contributed by atoms with Crippen LogP contribution >= 0.6 is 11.3 Å². The van der Waals surface area contributed by atoms with Gasteiger partial charge in [-0.3, -0.25) is 9.59 Å². The molecule has 0 unspecified atom stereocenters. The second kappa shape index (κ2) is 11.7. The van der Waals surface area contributed by atoms with Crippen molar-refractivity contribution in [3.05, 3.63) is 57.7 Å². The number of halogens is 1. The van der Waals surface area contributed by atoms with E-state index in [1.807, 2.05) is 0 Å². The number of hydrogen-bond acceptors (Lipinski definition) is 8. The Labute approximate surface area is 186 Å². The van der Waals surface area contributed by atoms with E-state index in [2.05, 4.69) is 5.32 Å². The van der Waals surface area contributed by atoms with Gasteiger partial charge in [0.05, 0.1) is 17.0 Å². The lowest BCUT2D eigenvalue weighted by Crippen LogP contribution is -2.21. The number of thiophene rings is 1. The maximum atomic E-state index is 12.9. The first-order chi connectivity index (χ1) is 15.2. The first-order valence-corrected chi connectivity index (χ1v) is 10.0. The molecule has 2 aromatic rings. The fourth-order valence-electron chi connectivity index (χ4n) is 2.46. The Bertz CT molecular complexity index is 1030. The van der Waals surface area contributed by atoms with Crippen LogP contribution in [0.3, 0.4) is 0 Å². The zero-order chi connectivity index (χ0) is 23.7. The summed E-state index contributed by atoms with van der Waals surface area (Å²) in [7, 11) is 1.44. The molecule has 0 aliphatic rings. The highest BCUT2D eigenvalue weighted by Gasteiger charge is 2.26. The van der Waals surface area contributed by atoms with Gasteiger partial charge in [-0.2, -0.15) is 0 Å². The van der Waals surface area contributed by atoms with Crippen molar-refractivity contribution >= 4 is 46.2 Å². The standard InChI is InChI=1S/C21H21FN2O7S/c1-12-17(21(28)30-10-9-29-2)20(32-18(12)19(23)27)24-15(25)11-31-16(26)8-5-13-3-6-14(22)7-4-13/h3-8H,9-11H2,1-2H3,(H2,23,27)(H,24,25)/b8-5+. The first kappa shape index (κ1) is 24.7. The normalized spacial score (nSPS) is 10.7. The third-order valence-corrected chi connectivity index (χ3v) is 5.20. The maximum absolute atomic E-state index is 12.9. The van der Waals surface area contributed by atoms with Crippen LogP contribution in [0.4, 0.5) is 9.39 Å². The predicted molar refractivity (Wildman–Crippen MR) is 115 cm³/mol. The fourth-order valence-corrected chi connectivity index (χ4v) is 3.52. The van der Waals surface area contributed by atoms with Gasteiger partial charge in [-0.1, -0.05) is 12.1 Å². The van der Waals surface area contributed by atoms with Crippen molar-refractivity contribution in [2.24, 2.45) is 5.73 Å². The number of carbonyl (C=O) groups is 4. The van der Waals surface area contributed by atoms with Crippen LogP contribution in [-0.2, 0) is 23.8 Å². The lowest BCUT2D eigenvalue weighted by Gasteiger charge is -2.08. The largest absolute Gasteiger partial charge is 0.460 e. The number of benzene rings is 1. The van der Waals surface area contributed by atoms with Crippen LogP contribution in [0.15, 0.2) is 30.3 Å². The van der Waals surface area contributed by atoms with Crippen molar-refractivity contribution < 1.29 is 37.8 Å². The summed E-state index contributed by atoms with van der Waals surface area (Å²) in [4.78, 5) is 48.1. The van der Waals surface area contributed by atoms with Crippen LogP contribution in [0.2, 0.25) is 0 Å². The van der Waals surface area contributed by atoms with E-state index in [-0.39, 0.29) is 34.2 Å². The van der Waals surface area contributed by atoms with E-state index in [9.17, 15) is 23.6 Å². The summed E-state index contributed by atoms with van der Waals surface area (Å²) in [5.74, 6) is -3.48. The Kier molecular flexibility index (Phi) is 9.05. The van der Waals surface area contributed by atoms with Gasteiger partial charge in [-0.25, -0.2) is 14.0 Å². The molecule has 0 atom stereocenters. The zero-order valence-electron chi connectivity index (χ0n) is 17.3. The molecule has 3 N–H and O–H groups in total. The highest BCUT2D eigenvalue weighted by Crippen LogP contribution is 2.33. The number of esters is 2. The maximum Gasteiger partial charge on any atom is 0.341 e. The molecule has 0 spiro atoms. The minimum Gasteiger partial charge on any atom is -0.460 e. The number of primary amides is 1. The minimum absolute atomic E-state index is 0.0178. The van der Waals surface area contributed by atoms with Crippen molar-refractivity contribution in [2.75, 3.05) is 32.2 Å². The number of amides is 2. The number of methoxy groups -OCH3 is 1. The molecule has 32 heavy (non-hydrogen) atoms. The summed E-state index contributed by atoms with van der Waals surface area (Å²) in [6.07, 6.45) is 2.48. The van der Waals surface area contributed by atoms with Gasteiger partial charge < -0.3 is 25.3 Å². The molecular formula is C21H21FN2O7S. The molecule has 2 amide bonds. The van der Waals surface area contributed by atoms with E-state index < -0.39 is 36.2 Å². The van der Waals surface area contributed by atoms with Crippen molar-refractivity contribution in [2.45, 2.75) is 6.92 Å². The summed E-state index contributed by atoms with van der Waals surface area (Å²) in [6, 6.07) is 5.41. The van der Waals surface area contributed by atoms with Gasteiger partial charge >= 0.3 is 11.9 Å². The minimum atomic E-state index is -0.802. The van der Waals surface area contributed by atoms with E-state index in [0.717, 1.165) is 17.4 Å². The zero-order valence-corrected chi connectivity index (χ0v) is 18.1.